The number of allylic oxidation sites excluding steroid dienone is 1. The van der Waals surface area contributed by atoms with Gasteiger partial charge < -0.3 is 4.42 Å². The van der Waals surface area contributed by atoms with E-state index in [1.807, 2.05) is 13.0 Å². The maximum atomic E-state index is 6.28. The number of hydrogen-bond acceptors (Lipinski definition) is 1. The van der Waals surface area contributed by atoms with Crippen molar-refractivity contribution in [2.45, 2.75) is 40.0 Å². The van der Waals surface area contributed by atoms with Gasteiger partial charge in [0.15, 0.2) is 0 Å². The van der Waals surface area contributed by atoms with Crippen molar-refractivity contribution in [1.82, 2.24) is 0 Å². The third-order valence-electron chi connectivity index (χ3n) is 5.25. The second-order valence-corrected chi connectivity index (χ2v) is 7.13. The summed E-state index contributed by atoms with van der Waals surface area (Å²) >= 11 is 0. The predicted octanol–water partition coefficient (Wildman–Crippen LogP) is 6.39. The lowest BCUT2D eigenvalue weighted by Gasteiger charge is -2.21. The molecule has 4 rings (SSSR count). The summed E-state index contributed by atoms with van der Waals surface area (Å²) in [7, 11) is 0. The fraction of sp³-hybridized carbons (Fsp3) is 0.273. The van der Waals surface area contributed by atoms with E-state index in [4.69, 9.17) is 4.42 Å². The first kappa shape index (κ1) is 14.3. The molecule has 0 fully saturated rings. The average molecular weight is 302 g/mol. The minimum Gasteiger partial charge on any atom is -0.456 e. The standard InChI is InChI=1S/C22H22O/c1-6-7-19-14(3)15-10-11-17-20(21(15)23-19)16-9-8-13(2)12-18(16)22(17,4)5/h6-12H,1-5H3/b7-6-. The van der Waals surface area contributed by atoms with Crippen LogP contribution < -0.4 is 0 Å². The van der Waals surface area contributed by atoms with Crippen LogP contribution in [0, 0.1) is 13.8 Å². The van der Waals surface area contributed by atoms with E-state index in [9.17, 15) is 0 Å². The van der Waals surface area contributed by atoms with E-state index in [-0.39, 0.29) is 5.41 Å². The SMILES string of the molecule is C/C=C\c1oc2c3c(ccc2c1C)C(C)(C)c1cc(C)ccc1-3. The summed E-state index contributed by atoms with van der Waals surface area (Å²) < 4.78 is 6.28. The summed E-state index contributed by atoms with van der Waals surface area (Å²) in [6.07, 6.45) is 4.09. The highest BCUT2D eigenvalue weighted by molar-refractivity contribution is 6.01. The molecule has 2 aromatic carbocycles. The lowest BCUT2D eigenvalue weighted by molar-refractivity contribution is 0.600. The van der Waals surface area contributed by atoms with Gasteiger partial charge in [-0.3, -0.25) is 0 Å². The highest BCUT2D eigenvalue weighted by Gasteiger charge is 2.37. The third-order valence-corrected chi connectivity index (χ3v) is 5.25. The van der Waals surface area contributed by atoms with E-state index >= 15 is 0 Å². The molecule has 0 amide bonds. The second kappa shape index (κ2) is 4.61. The number of aryl methyl sites for hydroxylation is 2. The van der Waals surface area contributed by atoms with Crippen LogP contribution in [-0.2, 0) is 5.41 Å². The van der Waals surface area contributed by atoms with Crippen LogP contribution in [0.3, 0.4) is 0 Å². The van der Waals surface area contributed by atoms with Gasteiger partial charge in [0.25, 0.3) is 0 Å². The molecule has 116 valence electrons. The first-order chi connectivity index (χ1) is 10.9. The number of rotatable bonds is 1. The molecule has 0 radical (unpaired) electrons. The minimum atomic E-state index is 0.0202. The van der Waals surface area contributed by atoms with Crippen molar-refractivity contribution < 1.29 is 4.42 Å². The van der Waals surface area contributed by atoms with Gasteiger partial charge >= 0.3 is 0 Å². The van der Waals surface area contributed by atoms with Gasteiger partial charge in [-0.15, -0.1) is 0 Å². The molecule has 0 N–H and O–H groups in total. The summed E-state index contributed by atoms with van der Waals surface area (Å²) in [5, 5.41) is 1.22. The Labute approximate surface area is 137 Å². The Morgan fingerprint density at radius 2 is 1.78 bits per heavy atom. The van der Waals surface area contributed by atoms with Crippen LogP contribution in [0.15, 0.2) is 40.8 Å². The molecular weight excluding hydrogens is 280 g/mol. The van der Waals surface area contributed by atoms with Gasteiger partial charge in [0.2, 0.25) is 0 Å². The summed E-state index contributed by atoms with van der Waals surface area (Å²) in [6, 6.07) is 11.3. The van der Waals surface area contributed by atoms with Gasteiger partial charge in [-0.1, -0.05) is 55.8 Å². The van der Waals surface area contributed by atoms with Crippen molar-refractivity contribution in [3.63, 3.8) is 0 Å². The van der Waals surface area contributed by atoms with Gasteiger partial charge in [-0.05, 0) is 43.5 Å². The Bertz CT molecular complexity index is 967. The Kier molecular flexibility index (Phi) is 2.87. The lowest BCUT2D eigenvalue weighted by Crippen LogP contribution is -2.14. The molecule has 0 bridgehead atoms. The average Bonchev–Trinajstić information content (AvgIpc) is 2.94. The van der Waals surface area contributed by atoms with Crippen molar-refractivity contribution in [3.8, 4) is 11.1 Å². The van der Waals surface area contributed by atoms with Gasteiger partial charge in [-0.2, -0.15) is 0 Å². The lowest BCUT2D eigenvalue weighted by atomic mass is 9.82. The zero-order chi connectivity index (χ0) is 16.4. The smallest absolute Gasteiger partial charge is 0.143 e. The molecular formula is C22H22O. The molecule has 23 heavy (non-hydrogen) atoms. The quantitative estimate of drug-likeness (QED) is 0.507. The molecule has 1 aliphatic carbocycles. The predicted molar refractivity (Wildman–Crippen MR) is 98.0 cm³/mol. The molecule has 1 nitrogen and oxygen atoms in total. The van der Waals surface area contributed by atoms with Gasteiger partial charge in [0.1, 0.15) is 11.3 Å². The van der Waals surface area contributed by atoms with E-state index in [0.717, 1.165) is 11.3 Å². The topological polar surface area (TPSA) is 13.1 Å². The number of hydrogen-bond donors (Lipinski definition) is 0. The van der Waals surface area contributed by atoms with E-state index in [2.05, 4.69) is 64.1 Å². The maximum Gasteiger partial charge on any atom is 0.143 e. The number of benzene rings is 2. The van der Waals surface area contributed by atoms with Crippen LogP contribution in [0.5, 0.6) is 0 Å². The first-order valence-electron chi connectivity index (χ1n) is 8.26. The van der Waals surface area contributed by atoms with Gasteiger partial charge in [0, 0.05) is 21.9 Å². The molecule has 1 aromatic heterocycles. The van der Waals surface area contributed by atoms with Gasteiger partial charge in [-0.25, -0.2) is 0 Å². The van der Waals surface area contributed by atoms with Crippen LogP contribution in [0.2, 0.25) is 0 Å². The van der Waals surface area contributed by atoms with Crippen molar-refractivity contribution in [1.29, 1.82) is 0 Å². The van der Waals surface area contributed by atoms with Crippen LogP contribution in [0.25, 0.3) is 28.2 Å². The van der Waals surface area contributed by atoms with E-state index in [0.29, 0.717) is 0 Å². The van der Waals surface area contributed by atoms with Crippen LogP contribution in [-0.4, -0.2) is 0 Å². The minimum absolute atomic E-state index is 0.0202. The number of fused-ring (bicyclic) bond motifs is 5. The fourth-order valence-corrected chi connectivity index (χ4v) is 3.94. The third kappa shape index (κ3) is 1.80. The molecule has 0 spiro atoms. The Hall–Kier alpha value is -2.28. The maximum absolute atomic E-state index is 6.28. The second-order valence-electron chi connectivity index (χ2n) is 7.13. The zero-order valence-electron chi connectivity index (χ0n) is 14.4. The van der Waals surface area contributed by atoms with E-state index in [1.165, 1.54) is 38.8 Å². The normalized spacial score (nSPS) is 15.3. The highest BCUT2D eigenvalue weighted by Crippen LogP contribution is 2.52. The van der Waals surface area contributed by atoms with E-state index < -0.39 is 0 Å². The fourth-order valence-electron chi connectivity index (χ4n) is 3.94. The van der Waals surface area contributed by atoms with Crippen molar-refractivity contribution in [2.24, 2.45) is 0 Å². The molecule has 0 atom stereocenters. The zero-order valence-corrected chi connectivity index (χ0v) is 14.4. The molecule has 0 aliphatic heterocycles. The van der Waals surface area contributed by atoms with Crippen LogP contribution in [0.4, 0.5) is 0 Å². The Morgan fingerprint density at radius 3 is 2.52 bits per heavy atom. The largest absolute Gasteiger partial charge is 0.456 e. The van der Waals surface area contributed by atoms with Crippen LogP contribution in [0.1, 0.15) is 48.8 Å². The summed E-state index contributed by atoms with van der Waals surface area (Å²) in [5.74, 6) is 0.967. The van der Waals surface area contributed by atoms with E-state index in [1.54, 1.807) is 0 Å². The molecule has 0 unspecified atom stereocenters. The van der Waals surface area contributed by atoms with Gasteiger partial charge in [0.05, 0.1) is 0 Å². The first-order valence-corrected chi connectivity index (χ1v) is 8.26. The molecule has 3 aromatic rings. The van der Waals surface area contributed by atoms with Crippen molar-refractivity contribution >= 4 is 17.0 Å². The summed E-state index contributed by atoms with van der Waals surface area (Å²) in [4.78, 5) is 0. The summed E-state index contributed by atoms with van der Waals surface area (Å²) in [6.45, 7) is 11.0. The monoisotopic (exact) mass is 302 g/mol. The van der Waals surface area contributed by atoms with Crippen molar-refractivity contribution in [3.05, 3.63) is 64.4 Å². The molecule has 1 heteroatoms. The van der Waals surface area contributed by atoms with Crippen LogP contribution >= 0.6 is 0 Å². The molecule has 1 heterocycles. The number of furan rings is 1. The molecule has 0 saturated heterocycles. The Morgan fingerprint density at radius 1 is 1.00 bits per heavy atom. The van der Waals surface area contributed by atoms with Crippen molar-refractivity contribution in [2.75, 3.05) is 0 Å². The molecule has 1 aliphatic rings. The highest BCUT2D eigenvalue weighted by atomic mass is 16.3. The summed E-state index contributed by atoms with van der Waals surface area (Å²) in [5.41, 5.74) is 8.96. The molecule has 0 saturated carbocycles. The Balaban J connectivity index is 2.14.